The lowest BCUT2D eigenvalue weighted by molar-refractivity contribution is 0.0801. The lowest BCUT2D eigenvalue weighted by Gasteiger charge is -2.44. The lowest BCUT2D eigenvalue weighted by atomic mass is 9.85. The first-order valence-corrected chi connectivity index (χ1v) is 8.46. The number of likely N-dealkylation sites (N-methyl/N-ethyl adjacent to an activating group) is 1. The van der Waals surface area contributed by atoms with E-state index in [1.54, 1.807) is 7.11 Å². The fraction of sp³-hybridized carbons (Fsp3) is 0.800. The summed E-state index contributed by atoms with van der Waals surface area (Å²) in [6.07, 6.45) is 2.81. The van der Waals surface area contributed by atoms with Crippen LogP contribution in [-0.2, 0) is 11.3 Å². The van der Waals surface area contributed by atoms with Gasteiger partial charge in [-0.1, -0.05) is 20.8 Å². The number of aromatic nitrogens is 2. The predicted molar refractivity (Wildman–Crippen MR) is 90.3 cm³/mol. The molecule has 1 aromatic heterocycles. The van der Waals surface area contributed by atoms with Crippen molar-refractivity contribution in [2.24, 2.45) is 5.73 Å². The molecule has 0 saturated carbocycles. The van der Waals surface area contributed by atoms with E-state index in [9.17, 15) is 0 Å². The largest absolute Gasteiger partial charge is 0.383 e. The summed E-state index contributed by atoms with van der Waals surface area (Å²) in [5, 5.41) is 4.42. The Hall–Kier alpha value is -0.430. The molecule has 0 radical (unpaired) electrons. The minimum Gasteiger partial charge on any atom is -0.383 e. The summed E-state index contributed by atoms with van der Waals surface area (Å²) in [5.41, 5.74) is 7.62. The van der Waals surface area contributed by atoms with Gasteiger partial charge in [-0.05, 0) is 42.4 Å². The normalized spacial score (nSPS) is 16.2. The van der Waals surface area contributed by atoms with Gasteiger partial charge in [-0.15, -0.1) is 0 Å². The van der Waals surface area contributed by atoms with Crippen LogP contribution in [0.15, 0.2) is 10.7 Å². The van der Waals surface area contributed by atoms with E-state index < -0.39 is 0 Å². The van der Waals surface area contributed by atoms with E-state index in [-0.39, 0.29) is 11.6 Å². The number of methoxy groups -OCH3 is 1. The molecule has 0 spiro atoms. The molecule has 21 heavy (non-hydrogen) atoms. The average Bonchev–Trinajstić information content (AvgIpc) is 2.85. The smallest absolute Gasteiger partial charge is 0.0713 e. The van der Waals surface area contributed by atoms with Gasteiger partial charge in [0.1, 0.15) is 0 Å². The Morgan fingerprint density at radius 2 is 2.05 bits per heavy atom. The molecule has 1 aromatic rings. The molecule has 0 bridgehead atoms. The first kappa shape index (κ1) is 18.6. The maximum Gasteiger partial charge on any atom is 0.0713 e. The highest BCUT2D eigenvalue weighted by Crippen LogP contribution is 2.35. The highest BCUT2D eigenvalue weighted by atomic mass is 79.9. The van der Waals surface area contributed by atoms with Crippen molar-refractivity contribution < 1.29 is 4.74 Å². The lowest BCUT2D eigenvalue weighted by Crippen LogP contribution is -2.53. The van der Waals surface area contributed by atoms with Gasteiger partial charge in [0.2, 0.25) is 0 Å². The zero-order chi connectivity index (χ0) is 16.0. The number of nitrogens with zero attached hydrogens (tertiary/aromatic N) is 3. The summed E-state index contributed by atoms with van der Waals surface area (Å²) < 4.78 is 8.09. The molecule has 1 rings (SSSR count). The van der Waals surface area contributed by atoms with Gasteiger partial charge in [0.05, 0.1) is 35.6 Å². The molecule has 0 aromatic carbocycles. The van der Waals surface area contributed by atoms with Crippen molar-refractivity contribution in [3.8, 4) is 0 Å². The van der Waals surface area contributed by atoms with Gasteiger partial charge in [0, 0.05) is 12.6 Å². The Labute approximate surface area is 136 Å². The van der Waals surface area contributed by atoms with Gasteiger partial charge < -0.3 is 10.5 Å². The number of hydrogen-bond donors (Lipinski definition) is 1. The molecule has 5 nitrogen and oxygen atoms in total. The molecule has 0 aliphatic heterocycles. The van der Waals surface area contributed by atoms with E-state index in [1.165, 1.54) is 0 Å². The third kappa shape index (κ3) is 3.86. The van der Waals surface area contributed by atoms with Crippen LogP contribution < -0.4 is 5.73 Å². The Balaban J connectivity index is 3.15. The fourth-order valence-corrected chi connectivity index (χ4v) is 3.46. The minimum absolute atomic E-state index is 0.100. The Morgan fingerprint density at radius 1 is 1.43 bits per heavy atom. The fourth-order valence-electron chi connectivity index (χ4n) is 2.92. The van der Waals surface area contributed by atoms with Gasteiger partial charge in [0.15, 0.2) is 0 Å². The summed E-state index contributed by atoms with van der Waals surface area (Å²) >= 11 is 3.60. The summed E-state index contributed by atoms with van der Waals surface area (Å²) in [7, 11) is 1.70. The van der Waals surface area contributed by atoms with Crippen molar-refractivity contribution in [1.82, 2.24) is 14.7 Å². The van der Waals surface area contributed by atoms with Crippen LogP contribution in [0.4, 0.5) is 0 Å². The summed E-state index contributed by atoms with van der Waals surface area (Å²) in [5.74, 6) is 0. The Bertz CT molecular complexity index is 433. The summed E-state index contributed by atoms with van der Waals surface area (Å²) in [6.45, 7) is 12.1. The molecule has 2 atom stereocenters. The molecule has 2 unspecified atom stereocenters. The third-order valence-electron chi connectivity index (χ3n) is 4.51. The summed E-state index contributed by atoms with van der Waals surface area (Å²) in [4.78, 5) is 2.43. The maximum atomic E-state index is 6.68. The van der Waals surface area contributed by atoms with E-state index in [1.807, 2.05) is 10.9 Å². The van der Waals surface area contributed by atoms with Crippen molar-refractivity contribution in [3.63, 3.8) is 0 Å². The monoisotopic (exact) mass is 360 g/mol. The van der Waals surface area contributed by atoms with E-state index in [0.717, 1.165) is 29.7 Å². The van der Waals surface area contributed by atoms with Gasteiger partial charge in [-0.2, -0.15) is 5.10 Å². The number of hydrogen-bond acceptors (Lipinski definition) is 4. The number of nitrogens with two attached hydrogens (primary N) is 1. The molecule has 6 heteroatoms. The van der Waals surface area contributed by atoms with Crippen LogP contribution in [0.2, 0.25) is 0 Å². The van der Waals surface area contributed by atoms with Gasteiger partial charge in [-0.3, -0.25) is 9.58 Å². The van der Waals surface area contributed by atoms with Crippen molar-refractivity contribution in [1.29, 1.82) is 0 Å². The molecule has 0 saturated heterocycles. The van der Waals surface area contributed by atoms with E-state index in [4.69, 9.17) is 10.5 Å². The third-order valence-corrected chi connectivity index (χ3v) is 5.12. The van der Waals surface area contributed by atoms with Gasteiger partial charge in [0.25, 0.3) is 0 Å². The predicted octanol–water partition coefficient (Wildman–Crippen LogP) is 2.80. The van der Waals surface area contributed by atoms with Crippen LogP contribution in [0.1, 0.15) is 45.9 Å². The van der Waals surface area contributed by atoms with E-state index >= 15 is 0 Å². The van der Waals surface area contributed by atoms with Gasteiger partial charge >= 0.3 is 0 Å². The Kier molecular flexibility index (Phi) is 7.33. The van der Waals surface area contributed by atoms with Crippen molar-refractivity contribution in [3.05, 3.63) is 16.4 Å². The molecule has 1 heterocycles. The SMILES string of the molecule is CCN(CC)C(C)(CC)C(N)c1c(Br)cnn1CCOC. The number of rotatable bonds is 9. The van der Waals surface area contributed by atoms with Crippen molar-refractivity contribution in [2.75, 3.05) is 26.8 Å². The topological polar surface area (TPSA) is 56.3 Å². The molecular weight excluding hydrogens is 332 g/mol. The van der Waals surface area contributed by atoms with Crippen LogP contribution in [0.3, 0.4) is 0 Å². The molecule has 2 N–H and O–H groups in total. The van der Waals surface area contributed by atoms with Crippen molar-refractivity contribution >= 4 is 15.9 Å². The number of halogens is 1. The molecule has 122 valence electrons. The minimum atomic E-state index is -0.115. The second-order valence-electron chi connectivity index (χ2n) is 5.45. The quantitative estimate of drug-likeness (QED) is 0.735. The molecule has 0 fully saturated rings. The van der Waals surface area contributed by atoms with Crippen LogP contribution in [0.25, 0.3) is 0 Å². The van der Waals surface area contributed by atoms with Crippen LogP contribution in [0, 0.1) is 0 Å². The van der Waals surface area contributed by atoms with Crippen LogP contribution in [-0.4, -0.2) is 47.0 Å². The second-order valence-corrected chi connectivity index (χ2v) is 6.31. The van der Waals surface area contributed by atoms with Crippen molar-refractivity contribution in [2.45, 2.75) is 52.2 Å². The van der Waals surface area contributed by atoms with E-state index in [0.29, 0.717) is 13.2 Å². The first-order chi connectivity index (χ1) is 9.96. The number of ether oxygens (including phenoxy) is 1. The Morgan fingerprint density at radius 3 is 2.52 bits per heavy atom. The first-order valence-electron chi connectivity index (χ1n) is 7.66. The highest BCUT2D eigenvalue weighted by molar-refractivity contribution is 9.10. The summed E-state index contributed by atoms with van der Waals surface area (Å²) in [6, 6.07) is -0.115. The van der Waals surface area contributed by atoms with E-state index in [2.05, 4.69) is 53.6 Å². The second kappa shape index (κ2) is 8.27. The molecule has 0 amide bonds. The van der Waals surface area contributed by atoms with Crippen LogP contribution in [0.5, 0.6) is 0 Å². The van der Waals surface area contributed by atoms with Gasteiger partial charge in [-0.25, -0.2) is 0 Å². The zero-order valence-corrected chi connectivity index (χ0v) is 15.5. The average molecular weight is 361 g/mol. The standard InChI is InChI=1S/C15H29BrN4O/c1-6-15(4,19(7-2)8-3)14(17)13-12(16)11-18-20(13)9-10-21-5/h11,14H,6-10,17H2,1-5H3. The zero-order valence-electron chi connectivity index (χ0n) is 13.9. The van der Waals surface area contributed by atoms with Crippen LogP contribution >= 0.6 is 15.9 Å². The maximum absolute atomic E-state index is 6.68. The molecular formula is C15H29BrN4O. The molecule has 0 aliphatic carbocycles. The molecule has 0 aliphatic rings. The highest BCUT2D eigenvalue weighted by Gasteiger charge is 2.38.